The molecule has 0 spiro atoms. The summed E-state index contributed by atoms with van der Waals surface area (Å²) in [6, 6.07) is 8.70. The van der Waals surface area contributed by atoms with Crippen LogP contribution in [0.5, 0.6) is 0 Å². The van der Waals surface area contributed by atoms with Crippen molar-refractivity contribution in [3.8, 4) is 33.9 Å². The predicted molar refractivity (Wildman–Crippen MR) is 182 cm³/mol. The third kappa shape index (κ3) is 8.16. The van der Waals surface area contributed by atoms with Gasteiger partial charge in [0.1, 0.15) is 5.69 Å². The van der Waals surface area contributed by atoms with Gasteiger partial charge >= 0.3 is 12.4 Å². The summed E-state index contributed by atoms with van der Waals surface area (Å²) in [6.45, 7) is 1.53. The topological polar surface area (TPSA) is 177 Å². The van der Waals surface area contributed by atoms with Crippen LogP contribution in [0.3, 0.4) is 0 Å². The molecule has 0 fully saturated rings. The molecule has 1 N–H and O–H groups in total. The lowest BCUT2D eigenvalue weighted by Crippen LogP contribution is -2.22. The molecular weight excluding hydrogens is 740 g/mol. The summed E-state index contributed by atoms with van der Waals surface area (Å²) in [5.74, 6) is 0.636. The molecule has 0 aliphatic rings. The summed E-state index contributed by atoms with van der Waals surface area (Å²) in [5, 5.41) is 19.7. The predicted octanol–water partition coefficient (Wildman–Crippen LogP) is 7.25. The van der Waals surface area contributed by atoms with Crippen LogP contribution in [0, 0.1) is 17.0 Å². The smallest absolute Gasteiger partial charge is 0.367 e. The van der Waals surface area contributed by atoms with E-state index in [2.05, 4.69) is 49.6 Å². The Morgan fingerprint density at radius 1 is 0.709 bits per heavy atom. The lowest BCUT2D eigenvalue weighted by Gasteiger charge is -2.18. The standard InChI is InChI=1S/C17H13F3N6O.C17H14F3N5O3/c1-27-15(17(18,19)20)10-2-3-13(22-6-10)26-8-11(7-25-26)12-4-5-21-16-14(12)23-9-24-16;1-10-15(25(26)27)13(5-6-21-10)12-8-23-24(9-12)14-4-3-11(7-22-14)16(28-2)17(18,19)20/h2-9,15H,1H3,(H,21,23,24);3-9,16H,1-2H3. The van der Waals surface area contributed by atoms with E-state index in [1.165, 1.54) is 65.2 Å². The van der Waals surface area contributed by atoms with Crippen molar-refractivity contribution in [1.29, 1.82) is 0 Å². The fourth-order valence-corrected chi connectivity index (χ4v) is 5.58. The second-order valence-corrected chi connectivity index (χ2v) is 11.6. The van der Waals surface area contributed by atoms with Crippen molar-refractivity contribution >= 4 is 16.9 Å². The van der Waals surface area contributed by atoms with Crippen LogP contribution in [0.25, 0.3) is 45.1 Å². The van der Waals surface area contributed by atoms with E-state index >= 15 is 0 Å². The molecule has 0 aliphatic carbocycles. The number of imidazole rings is 1. The monoisotopic (exact) mass is 767 g/mol. The quantitative estimate of drug-likeness (QED) is 0.0889. The second kappa shape index (κ2) is 15.4. The van der Waals surface area contributed by atoms with E-state index < -0.39 is 29.5 Å². The van der Waals surface area contributed by atoms with Gasteiger partial charge < -0.3 is 14.5 Å². The maximum absolute atomic E-state index is 12.9. The molecule has 7 rings (SSSR count). The fourth-order valence-electron chi connectivity index (χ4n) is 5.58. The van der Waals surface area contributed by atoms with Crippen LogP contribution in [0.15, 0.2) is 92.3 Å². The Bertz CT molecular complexity index is 2410. The van der Waals surface area contributed by atoms with Crippen LogP contribution >= 0.6 is 0 Å². The van der Waals surface area contributed by atoms with Gasteiger partial charge in [0.15, 0.2) is 29.5 Å². The molecule has 2 atom stereocenters. The lowest BCUT2D eigenvalue weighted by atomic mass is 10.1. The number of halogens is 6. The number of aryl methyl sites for hydroxylation is 1. The number of nitrogens with one attached hydrogen (secondary N) is 1. The summed E-state index contributed by atoms with van der Waals surface area (Å²) in [5.41, 5.74) is 3.69. The van der Waals surface area contributed by atoms with Crippen LogP contribution in [-0.4, -0.2) is 81.0 Å². The van der Waals surface area contributed by atoms with Crippen molar-refractivity contribution in [3.05, 3.63) is 119 Å². The largest absolute Gasteiger partial charge is 0.418 e. The summed E-state index contributed by atoms with van der Waals surface area (Å²) >= 11 is 0. The molecule has 0 amide bonds. The van der Waals surface area contributed by atoms with Crippen molar-refractivity contribution in [2.45, 2.75) is 31.5 Å². The summed E-state index contributed by atoms with van der Waals surface area (Å²) in [6.07, 6.45) is -0.0474. The van der Waals surface area contributed by atoms with Gasteiger partial charge in [-0.1, -0.05) is 12.1 Å². The average Bonchev–Trinajstić information content (AvgIpc) is 3.94. The lowest BCUT2D eigenvalue weighted by molar-refractivity contribution is -0.385. The molecular formula is C34H27F6N11O4. The van der Waals surface area contributed by atoms with Gasteiger partial charge in [0.05, 0.1) is 34.7 Å². The fraction of sp³-hybridized carbons (Fsp3) is 0.206. The number of pyridine rings is 4. The molecule has 0 radical (unpaired) electrons. The van der Waals surface area contributed by atoms with Gasteiger partial charge in [-0.05, 0) is 31.2 Å². The first-order valence-corrected chi connectivity index (χ1v) is 15.8. The molecule has 284 valence electrons. The number of ether oxygens (including phenoxy) is 2. The van der Waals surface area contributed by atoms with E-state index in [1.807, 2.05) is 6.07 Å². The van der Waals surface area contributed by atoms with E-state index in [9.17, 15) is 36.5 Å². The maximum atomic E-state index is 12.9. The van der Waals surface area contributed by atoms with Gasteiger partial charge in [-0.25, -0.2) is 29.3 Å². The van der Waals surface area contributed by atoms with Crippen molar-refractivity contribution < 1.29 is 40.7 Å². The Hall–Kier alpha value is -6.61. The first-order chi connectivity index (χ1) is 26.2. The number of alkyl halides is 6. The minimum atomic E-state index is -4.56. The highest BCUT2D eigenvalue weighted by Gasteiger charge is 2.42. The number of fused-ring (bicyclic) bond motifs is 1. The molecule has 0 aliphatic heterocycles. The number of nitro groups is 1. The Morgan fingerprint density at radius 2 is 1.22 bits per heavy atom. The van der Waals surface area contributed by atoms with Gasteiger partial charge in [0.25, 0.3) is 5.69 Å². The Labute approximate surface area is 305 Å². The van der Waals surface area contributed by atoms with Crippen molar-refractivity contribution in [3.63, 3.8) is 0 Å². The molecule has 7 aromatic rings. The van der Waals surface area contributed by atoms with Crippen molar-refractivity contribution in [2.75, 3.05) is 14.2 Å². The van der Waals surface area contributed by atoms with Gasteiger partial charge in [-0.2, -0.15) is 36.5 Å². The third-order valence-corrected chi connectivity index (χ3v) is 8.09. The van der Waals surface area contributed by atoms with E-state index in [0.717, 1.165) is 43.3 Å². The molecule has 7 heterocycles. The molecule has 0 saturated carbocycles. The maximum Gasteiger partial charge on any atom is 0.418 e. The van der Waals surface area contributed by atoms with Crippen LogP contribution in [0.1, 0.15) is 29.0 Å². The highest BCUT2D eigenvalue weighted by Crippen LogP contribution is 2.37. The van der Waals surface area contributed by atoms with Crippen LogP contribution in [0.4, 0.5) is 32.0 Å². The molecule has 0 aromatic carbocycles. The number of rotatable bonds is 9. The van der Waals surface area contributed by atoms with E-state index in [4.69, 9.17) is 0 Å². The number of H-pyrrole nitrogens is 1. The highest BCUT2D eigenvalue weighted by molar-refractivity contribution is 5.88. The number of aromatic nitrogens is 10. The SMILES string of the molecule is COC(c1ccc(-n2cc(-c3ccnc(C)c3[N+](=O)[O-])cn2)nc1)C(F)(F)F.COC(c1ccc(-n2cc(-c3ccnc4nc[nH]c34)cn2)nc1)C(F)(F)F. The second-order valence-electron chi connectivity index (χ2n) is 11.6. The Morgan fingerprint density at radius 3 is 1.69 bits per heavy atom. The van der Waals surface area contributed by atoms with Gasteiger partial charge in [0.2, 0.25) is 0 Å². The number of hydrogen-bond donors (Lipinski definition) is 1. The minimum Gasteiger partial charge on any atom is -0.367 e. The number of aromatic amines is 1. The van der Waals surface area contributed by atoms with Crippen LogP contribution < -0.4 is 0 Å². The van der Waals surface area contributed by atoms with Crippen LogP contribution in [0.2, 0.25) is 0 Å². The first kappa shape index (κ1) is 38.1. The summed E-state index contributed by atoms with van der Waals surface area (Å²) < 4.78 is 89.4. The normalized spacial score (nSPS) is 13.0. The molecule has 0 saturated heterocycles. The number of methoxy groups -OCH3 is 2. The molecule has 15 nitrogen and oxygen atoms in total. The number of nitrogens with zero attached hydrogens (tertiary/aromatic N) is 10. The van der Waals surface area contributed by atoms with Crippen LogP contribution in [-0.2, 0) is 9.47 Å². The van der Waals surface area contributed by atoms with E-state index in [0.29, 0.717) is 22.6 Å². The third-order valence-electron chi connectivity index (χ3n) is 8.09. The Balaban J connectivity index is 0.000000187. The van der Waals surface area contributed by atoms with E-state index in [-0.39, 0.29) is 28.3 Å². The van der Waals surface area contributed by atoms with Crippen molar-refractivity contribution in [2.24, 2.45) is 0 Å². The minimum absolute atomic E-state index is 0.0746. The molecule has 7 aromatic heterocycles. The van der Waals surface area contributed by atoms with Gasteiger partial charge in [0, 0.05) is 79.2 Å². The van der Waals surface area contributed by atoms with E-state index in [1.54, 1.807) is 24.9 Å². The Kier molecular flexibility index (Phi) is 10.7. The molecule has 21 heteroatoms. The molecule has 2 unspecified atom stereocenters. The van der Waals surface area contributed by atoms with Crippen molar-refractivity contribution in [1.82, 2.24) is 49.5 Å². The number of hydrogen-bond acceptors (Lipinski definition) is 11. The zero-order chi connectivity index (χ0) is 39.5. The summed E-state index contributed by atoms with van der Waals surface area (Å²) in [4.78, 5) is 34.1. The molecule has 55 heavy (non-hydrogen) atoms. The van der Waals surface area contributed by atoms with Gasteiger partial charge in [-0.15, -0.1) is 0 Å². The zero-order valence-corrected chi connectivity index (χ0v) is 28.7. The highest BCUT2D eigenvalue weighted by atomic mass is 19.4. The molecule has 0 bridgehead atoms. The zero-order valence-electron chi connectivity index (χ0n) is 28.7. The van der Waals surface area contributed by atoms with Gasteiger partial charge in [-0.3, -0.25) is 15.1 Å². The summed E-state index contributed by atoms with van der Waals surface area (Å²) in [7, 11) is 1.98. The average molecular weight is 768 g/mol. The first-order valence-electron chi connectivity index (χ1n) is 15.8.